The molecule has 90 valence electrons. The second kappa shape index (κ2) is 4.12. The van der Waals surface area contributed by atoms with E-state index in [4.69, 9.17) is 16.3 Å². The zero-order chi connectivity index (χ0) is 12.6. The number of hydrogen-bond acceptors (Lipinski definition) is 3. The third kappa shape index (κ3) is 1.68. The van der Waals surface area contributed by atoms with E-state index in [1.54, 1.807) is 24.3 Å². The molecule has 3 rings (SSSR count). The number of para-hydroxylation sites is 1. The molecule has 2 aromatic carbocycles. The predicted octanol–water partition coefficient (Wildman–Crippen LogP) is 2.87. The van der Waals surface area contributed by atoms with Gasteiger partial charge in [-0.1, -0.05) is 48.5 Å². The zero-order valence-corrected chi connectivity index (χ0v) is 10.1. The Morgan fingerprint density at radius 2 is 1.67 bits per heavy atom. The summed E-state index contributed by atoms with van der Waals surface area (Å²) in [4.78, 5) is 4.04. The SMILES string of the molecule is O[C@]1(c2ccccc2)N=C(Cl)Oc2ccccc21. The van der Waals surface area contributed by atoms with Crippen LogP contribution in [0.2, 0.25) is 0 Å². The number of aliphatic hydroxyl groups is 1. The standard InChI is InChI=1S/C14H10ClNO2/c15-13-16-14(17,10-6-2-1-3-7-10)11-8-4-5-9-12(11)18-13/h1-9,17H/t14-/m0/s1. The lowest BCUT2D eigenvalue weighted by atomic mass is 9.94. The van der Waals surface area contributed by atoms with Gasteiger partial charge in [-0.25, -0.2) is 0 Å². The van der Waals surface area contributed by atoms with Crippen LogP contribution in [0.3, 0.4) is 0 Å². The molecule has 0 saturated carbocycles. The number of benzene rings is 2. The molecule has 1 atom stereocenters. The largest absolute Gasteiger partial charge is 0.430 e. The van der Waals surface area contributed by atoms with Gasteiger partial charge in [-0.3, -0.25) is 0 Å². The van der Waals surface area contributed by atoms with Gasteiger partial charge in [0.05, 0.1) is 5.56 Å². The van der Waals surface area contributed by atoms with E-state index >= 15 is 0 Å². The molecule has 0 amide bonds. The van der Waals surface area contributed by atoms with E-state index < -0.39 is 5.72 Å². The third-order valence-electron chi connectivity index (χ3n) is 2.88. The molecule has 18 heavy (non-hydrogen) atoms. The molecular formula is C14H10ClNO2. The second-order valence-electron chi connectivity index (χ2n) is 4.00. The summed E-state index contributed by atoms with van der Waals surface area (Å²) >= 11 is 5.85. The van der Waals surface area contributed by atoms with E-state index in [2.05, 4.69) is 4.99 Å². The van der Waals surface area contributed by atoms with Crippen molar-refractivity contribution in [2.45, 2.75) is 5.72 Å². The Labute approximate surface area is 109 Å². The predicted molar refractivity (Wildman–Crippen MR) is 69.8 cm³/mol. The van der Waals surface area contributed by atoms with Gasteiger partial charge < -0.3 is 9.84 Å². The number of fused-ring (bicyclic) bond motifs is 1. The van der Waals surface area contributed by atoms with Crippen LogP contribution in [0.1, 0.15) is 11.1 Å². The topological polar surface area (TPSA) is 41.8 Å². The molecule has 0 spiro atoms. The van der Waals surface area contributed by atoms with Crippen molar-refractivity contribution in [1.29, 1.82) is 0 Å². The van der Waals surface area contributed by atoms with Crippen molar-refractivity contribution in [2.75, 3.05) is 0 Å². The summed E-state index contributed by atoms with van der Waals surface area (Å²) in [5, 5.41) is 10.7. The Bertz CT molecular complexity index is 612. The van der Waals surface area contributed by atoms with Crippen molar-refractivity contribution < 1.29 is 9.84 Å². The summed E-state index contributed by atoms with van der Waals surface area (Å²) in [6.45, 7) is 0. The molecule has 1 heterocycles. The molecule has 0 unspecified atom stereocenters. The average Bonchev–Trinajstić information content (AvgIpc) is 2.39. The van der Waals surface area contributed by atoms with Crippen LogP contribution >= 0.6 is 11.6 Å². The maximum Gasteiger partial charge on any atom is 0.291 e. The Morgan fingerprint density at radius 1 is 1.00 bits per heavy atom. The van der Waals surface area contributed by atoms with Crippen molar-refractivity contribution in [3.8, 4) is 5.75 Å². The van der Waals surface area contributed by atoms with Crippen LogP contribution in [0.4, 0.5) is 0 Å². The highest BCUT2D eigenvalue weighted by molar-refractivity contribution is 6.63. The van der Waals surface area contributed by atoms with Crippen molar-refractivity contribution in [3.63, 3.8) is 0 Å². The van der Waals surface area contributed by atoms with Gasteiger partial charge in [0.15, 0.2) is 0 Å². The van der Waals surface area contributed by atoms with Crippen LogP contribution < -0.4 is 4.74 Å². The van der Waals surface area contributed by atoms with E-state index in [0.29, 0.717) is 16.9 Å². The van der Waals surface area contributed by atoms with Gasteiger partial charge in [0, 0.05) is 5.56 Å². The second-order valence-corrected chi connectivity index (χ2v) is 4.32. The Hall–Kier alpha value is -1.84. The smallest absolute Gasteiger partial charge is 0.291 e. The maximum absolute atomic E-state index is 10.8. The fraction of sp³-hybridized carbons (Fsp3) is 0.0714. The van der Waals surface area contributed by atoms with Crippen LogP contribution in [0.25, 0.3) is 0 Å². The molecule has 0 aliphatic carbocycles. The van der Waals surface area contributed by atoms with Crippen LogP contribution in [-0.2, 0) is 5.72 Å². The minimum Gasteiger partial charge on any atom is -0.430 e. The lowest BCUT2D eigenvalue weighted by molar-refractivity contribution is 0.0827. The first-order valence-electron chi connectivity index (χ1n) is 5.51. The molecule has 1 N–H and O–H groups in total. The molecule has 0 radical (unpaired) electrons. The molecule has 0 aromatic heterocycles. The molecule has 0 saturated heterocycles. The molecule has 2 aromatic rings. The van der Waals surface area contributed by atoms with Crippen molar-refractivity contribution in [3.05, 3.63) is 65.7 Å². The summed E-state index contributed by atoms with van der Waals surface area (Å²) in [6, 6.07) is 16.3. The fourth-order valence-electron chi connectivity index (χ4n) is 2.04. The highest BCUT2D eigenvalue weighted by Gasteiger charge is 2.37. The lowest BCUT2D eigenvalue weighted by Gasteiger charge is -2.30. The van der Waals surface area contributed by atoms with Crippen LogP contribution in [-0.4, -0.2) is 10.5 Å². The quantitative estimate of drug-likeness (QED) is 0.856. The summed E-state index contributed by atoms with van der Waals surface area (Å²) in [6.07, 6.45) is 0. The van der Waals surface area contributed by atoms with Crippen molar-refractivity contribution in [1.82, 2.24) is 0 Å². The molecular weight excluding hydrogens is 250 g/mol. The first kappa shape index (κ1) is 11.3. The minimum atomic E-state index is -1.49. The number of ether oxygens (including phenoxy) is 1. The van der Waals surface area contributed by atoms with E-state index in [0.717, 1.165) is 0 Å². The highest BCUT2D eigenvalue weighted by atomic mass is 35.5. The Morgan fingerprint density at radius 3 is 2.44 bits per heavy atom. The van der Waals surface area contributed by atoms with Gasteiger partial charge in [-0.2, -0.15) is 4.99 Å². The monoisotopic (exact) mass is 259 g/mol. The van der Waals surface area contributed by atoms with Gasteiger partial charge in [0.2, 0.25) is 5.72 Å². The Balaban J connectivity index is 2.24. The maximum atomic E-state index is 10.8. The minimum absolute atomic E-state index is 0.0694. The van der Waals surface area contributed by atoms with E-state index in [1.807, 2.05) is 30.3 Å². The van der Waals surface area contributed by atoms with Crippen molar-refractivity contribution >= 4 is 17.0 Å². The van der Waals surface area contributed by atoms with E-state index in [9.17, 15) is 5.11 Å². The van der Waals surface area contributed by atoms with Gasteiger partial charge in [0.25, 0.3) is 5.36 Å². The summed E-state index contributed by atoms with van der Waals surface area (Å²) in [5.74, 6) is 0.517. The number of nitrogens with zero attached hydrogens (tertiary/aromatic N) is 1. The van der Waals surface area contributed by atoms with E-state index in [1.165, 1.54) is 0 Å². The molecule has 0 bridgehead atoms. The molecule has 0 fully saturated rings. The molecule has 3 nitrogen and oxygen atoms in total. The number of aliphatic imine (C=N–C) groups is 1. The number of rotatable bonds is 1. The summed E-state index contributed by atoms with van der Waals surface area (Å²) < 4.78 is 5.30. The van der Waals surface area contributed by atoms with Crippen LogP contribution in [0.15, 0.2) is 59.6 Å². The van der Waals surface area contributed by atoms with Gasteiger partial charge >= 0.3 is 0 Å². The summed E-state index contributed by atoms with van der Waals surface area (Å²) in [7, 11) is 0. The van der Waals surface area contributed by atoms with Crippen LogP contribution in [0.5, 0.6) is 5.75 Å². The van der Waals surface area contributed by atoms with Gasteiger partial charge in [-0.15, -0.1) is 0 Å². The summed E-state index contributed by atoms with van der Waals surface area (Å²) in [5.41, 5.74) is -0.257. The molecule has 4 heteroatoms. The van der Waals surface area contributed by atoms with E-state index in [-0.39, 0.29) is 5.36 Å². The van der Waals surface area contributed by atoms with Gasteiger partial charge in [0.1, 0.15) is 5.75 Å². The number of hydrogen-bond donors (Lipinski definition) is 1. The highest BCUT2D eigenvalue weighted by Crippen LogP contribution is 2.40. The Kier molecular flexibility index (Phi) is 2.58. The fourth-order valence-corrected chi connectivity index (χ4v) is 2.24. The zero-order valence-electron chi connectivity index (χ0n) is 9.38. The average molecular weight is 260 g/mol. The van der Waals surface area contributed by atoms with Crippen molar-refractivity contribution in [2.24, 2.45) is 4.99 Å². The normalized spacial score (nSPS) is 21.8. The third-order valence-corrected chi connectivity index (χ3v) is 3.04. The first-order chi connectivity index (χ1) is 8.70. The first-order valence-corrected chi connectivity index (χ1v) is 5.88. The molecule has 1 aliphatic rings. The lowest BCUT2D eigenvalue weighted by Crippen LogP contribution is -2.31. The molecule has 1 aliphatic heterocycles. The van der Waals surface area contributed by atoms with Gasteiger partial charge in [-0.05, 0) is 17.7 Å². The van der Waals surface area contributed by atoms with Crippen LogP contribution in [0, 0.1) is 0 Å². The number of halogens is 1.